The molecule has 1 saturated heterocycles. The zero-order valence-electron chi connectivity index (χ0n) is 16.6. The topological polar surface area (TPSA) is 87.2 Å². The first kappa shape index (κ1) is 21.2. The molecule has 0 spiro atoms. The number of urea groups is 1. The van der Waals surface area contributed by atoms with E-state index in [1.807, 2.05) is 13.0 Å². The van der Waals surface area contributed by atoms with Crippen LogP contribution in [-0.2, 0) is 4.79 Å². The van der Waals surface area contributed by atoms with E-state index in [2.05, 4.69) is 20.8 Å². The number of carbonyl (C=O) groups is 2. The number of likely N-dealkylation sites (tertiary alicyclic amines) is 1. The van der Waals surface area contributed by atoms with Crippen molar-refractivity contribution < 1.29 is 14.0 Å². The highest BCUT2D eigenvalue weighted by molar-refractivity contribution is 7.18. The van der Waals surface area contributed by atoms with Crippen LogP contribution in [0.1, 0.15) is 18.4 Å². The summed E-state index contributed by atoms with van der Waals surface area (Å²) in [5.41, 5.74) is 2.19. The SMILES string of the molecule is Cc1ccc(NC(=O)N2CCCC2C(=O)Nc2nnc(-c3ccc(F)cc3)s2)cc1Cl. The van der Waals surface area contributed by atoms with Crippen LogP contribution in [0, 0.1) is 12.7 Å². The fourth-order valence-corrected chi connectivity index (χ4v) is 4.25. The third-order valence-corrected chi connectivity index (χ3v) is 6.28. The van der Waals surface area contributed by atoms with Gasteiger partial charge in [-0.15, -0.1) is 10.2 Å². The van der Waals surface area contributed by atoms with E-state index >= 15 is 0 Å². The van der Waals surface area contributed by atoms with Crippen molar-refractivity contribution >= 4 is 45.7 Å². The standard InChI is InChI=1S/C21H19ClFN5O2S/c1-12-4-9-15(11-16(12)22)24-21(30)28-10-2-3-17(28)18(29)25-20-27-26-19(31-20)13-5-7-14(23)8-6-13/h4-9,11,17H,2-3,10H2,1H3,(H,24,30)(H,25,27,29). The molecule has 0 saturated carbocycles. The summed E-state index contributed by atoms with van der Waals surface area (Å²) in [7, 11) is 0. The Morgan fingerprint density at radius 3 is 2.68 bits per heavy atom. The lowest BCUT2D eigenvalue weighted by atomic mass is 10.2. The maximum Gasteiger partial charge on any atom is 0.322 e. The number of anilines is 2. The van der Waals surface area contributed by atoms with Crippen LogP contribution < -0.4 is 10.6 Å². The van der Waals surface area contributed by atoms with E-state index in [0.29, 0.717) is 39.4 Å². The molecule has 3 amide bonds. The normalized spacial score (nSPS) is 15.7. The Kier molecular flexibility index (Phi) is 6.15. The molecule has 1 atom stereocenters. The van der Waals surface area contributed by atoms with E-state index in [9.17, 15) is 14.0 Å². The summed E-state index contributed by atoms with van der Waals surface area (Å²) in [4.78, 5) is 27.0. The summed E-state index contributed by atoms with van der Waals surface area (Å²) in [5, 5.41) is 15.0. The molecular weight excluding hydrogens is 441 g/mol. The summed E-state index contributed by atoms with van der Waals surface area (Å²) in [6.07, 6.45) is 1.27. The summed E-state index contributed by atoms with van der Waals surface area (Å²) in [6.45, 7) is 2.35. The fourth-order valence-electron chi connectivity index (χ4n) is 3.32. The van der Waals surface area contributed by atoms with Crippen LogP contribution in [0.25, 0.3) is 10.6 Å². The van der Waals surface area contributed by atoms with Gasteiger partial charge in [-0.05, 0) is 61.7 Å². The second kappa shape index (κ2) is 8.99. The zero-order chi connectivity index (χ0) is 22.0. The van der Waals surface area contributed by atoms with Crippen LogP contribution in [0.15, 0.2) is 42.5 Å². The lowest BCUT2D eigenvalue weighted by Gasteiger charge is -2.24. The minimum absolute atomic E-state index is 0.321. The zero-order valence-corrected chi connectivity index (χ0v) is 18.1. The van der Waals surface area contributed by atoms with Crippen LogP contribution >= 0.6 is 22.9 Å². The first-order valence-electron chi connectivity index (χ1n) is 9.65. The van der Waals surface area contributed by atoms with Crippen LogP contribution in [0.4, 0.5) is 20.0 Å². The summed E-state index contributed by atoms with van der Waals surface area (Å²) in [6, 6.07) is 10.2. The van der Waals surface area contributed by atoms with Crippen molar-refractivity contribution in [3.05, 3.63) is 58.9 Å². The molecule has 0 radical (unpaired) electrons. The van der Waals surface area contributed by atoms with E-state index in [-0.39, 0.29) is 17.8 Å². The van der Waals surface area contributed by atoms with Gasteiger partial charge in [-0.25, -0.2) is 9.18 Å². The molecule has 1 unspecified atom stereocenters. The maximum atomic E-state index is 13.1. The van der Waals surface area contributed by atoms with Gasteiger partial charge in [-0.2, -0.15) is 0 Å². The molecule has 1 aliphatic heterocycles. The van der Waals surface area contributed by atoms with E-state index in [1.54, 1.807) is 24.3 Å². The van der Waals surface area contributed by atoms with Gasteiger partial charge in [0.25, 0.3) is 0 Å². The molecule has 1 aliphatic rings. The first-order chi connectivity index (χ1) is 14.9. The highest BCUT2D eigenvalue weighted by Gasteiger charge is 2.34. The van der Waals surface area contributed by atoms with Crippen molar-refractivity contribution in [2.75, 3.05) is 17.2 Å². The van der Waals surface area contributed by atoms with Crippen LogP contribution in [0.3, 0.4) is 0 Å². The second-order valence-corrected chi connectivity index (χ2v) is 8.54. The molecule has 1 fully saturated rings. The van der Waals surface area contributed by atoms with Gasteiger partial charge < -0.3 is 10.2 Å². The van der Waals surface area contributed by atoms with Gasteiger partial charge in [0.05, 0.1) is 0 Å². The summed E-state index contributed by atoms with van der Waals surface area (Å²) >= 11 is 7.30. The number of benzene rings is 2. The van der Waals surface area contributed by atoms with Crippen molar-refractivity contribution in [1.29, 1.82) is 0 Å². The van der Waals surface area contributed by atoms with Crippen LogP contribution in [-0.4, -0.2) is 39.6 Å². The molecule has 7 nitrogen and oxygen atoms in total. The predicted octanol–water partition coefficient (Wildman–Crippen LogP) is 4.94. The highest BCUT2D eigenvalue weighted by atomic mass is 35.5. The van der Waals surface area contributed by atoms with Gasteiger partial charge in [0.15, 0.2) is 0 Å². The van der Waals surface area contributed by atoms with Gasteiger partial charge in [0, 0.05) is 22.8 Å². The molecule has 3 aromatic rings. The van der Waals surface area contributed by atoms with E-state index in [4.69, 9.17) is 11.6 Å². The van der Waals surface area contributed by atoms with Gasteiger partial charge in [0.2, 0.25) is 11.0 Å². The predicted molar refractivity (Wildman–Crippen MR) is 119 cm³/mol. The van der Waals surface area contributed by atoms with Crippen LogP contribution in [0.2, 0.25) is 5.02 Å². The number of aromatic nitrogens is 2. The smallest absolute Gasteiger partial charge is 0.312 e. The number of nitrogens with zero attached hydrogens (tertiary/aromatic N) is 3. The fraction of sp³-hybridized carbons (Fsp3) is 0.238. The average molecular weight is 460 g/mol. The summed E-state index contributed by atoms with van der Waals surface area (Å²) in [5.74, 6) is -0.661. The van der Waals surface area contributed by atoms with Crippen molar-refractivity contribution in [2.24, 2.45) is 0 Å². The Morgan fingerprint density at radius 2 is 1.94 bits per heavy atom. The lowest BCUT2D eigenvalue weighted by Crippen LogP contribution is -2.45. The minimum atomic E-state index is -0.612. The lowest BCUT2D eigenvalue weighted by molar-refractivity contribution is -0.119. The Morgan fingerprint density at radius 1 is 1.16 bits per heavy atom. The van der Waals surface area contributed by atoms with Crippen LogP contribution in [0.5, 0.6) is 0 Å². The highest BCUT2D eigenvalue weighted by Crippen LogP contribution is 2.28. The molecule has 2 N–H and O–H groups in total. The number of hydrogen-bond acceptors (Lipinski definition) is 5. The molecular formula is C21H19ClFN5O2S. The van der Waals surface area contributed by atoms with E-state index in [1.165, 1.54) is 28.4 Å². The molecule has 4 rings (SSSR count). The van der Waals surface area contributed by atoms with E-state index < -0.39 is 6.04 Å². The number of amides is 3. The monoisotopic (exact) mass is 459 g/mol. The van der Waals surface area contributed by atoms with Gasteiger partial charge in [-0.3, -0.25) is 10.1 Å². The molecule has 10 heteroatoms. The number of nitrogens with one attached hydrogen (secondary N) is 2. The quantitative estimate of drug-likeness (QED) is 0.578. The molecule has 2 heterocycles. The Hall–Kier alpha value is -3.04. The van der Waals surface area contributed by atoms with Crippen molar-refractivity contribution in [2.45, 2.75) is 25.8 Å². The van der Waals surface area contributed by atoms with Gasteiger partial charge in [-0.1, -0.05) is 29.0 Å². The number of aryl methyl sites for hydroxylation is 1. The first-order valence-corrected chi connectivity index (χ1v) is 10.8. The molecule has 2 aromatic carbocycles. The number of carbonyl (C=O) groups excluding carboxylic acids is 2. The molecule has 1 aromatic heterocycles. The third-order valence-electron chi connectivity index (χ3n) is 4.99. The van der Waals surface area contributed by atoms with Gasteiger partial charge in [0.1, 0.15) is 16.9 Å². The number of hydrogen-bond donors (Lipinski definition) is 2. The Labute approximate surface area is 187 Å². The Bertz CT molecular complexity index is 1120. The van der Waals surface area contributed by atoms with Crippen molar-refractivity contribution in [1.82, 2.24) is 15.1 Å². The molecule has 0 bridgehead atoms. The Balaban J connectivity index is 1.41. The van der Waals surface area contributed by atoms with Gasteiger partial charge >= 0.3 is 6.03 Å². The minimum Gasteiger partial charge on any atom is -0.312 e. The average Bonchev–Trinajstić information content (AvgIpc) is 3.41. The largest absolute Gasteiger partial charge is 0.322 e. The number of rotatable bonds is 4. The summed E-state index contributed by atoms with van der Waals surface area (Å²) < 4.78 is 13.1. The molecule has 31 heavy (non-hydrogen) atoms. The molecule has 0 aliphatic carbocycles. The second-order valence-electron chi connectivity index (χ2n) is 7.15. The van der Waals surface area contributed by atoms with Crippen molar-refractivity contribution in [3.8, 4) is 10.6 Å². The third kappa shape index (κ3) is 4.83. The number of halogens is 2. The molecule has 160 valence electrons. The maximum absolute atomic E-state index is 13.1. The van der Waals surface area contributed by atoms with Crippen molar-refractivity contribution in [3.63, 3.8) is 0 Å². The van der Waals surface area contributed by atoms with E-state index in [0.717, 1.165) is 12.0 Å².